The van der Waals surface area contributed by atoms with Crippen LogP contribution in [0.3, 0.4) is 0 Å². The van der Waals surface area contributed by atoms with E-state index in [0.717, 1.165) is 25.5 Å². The molecule has 0 aromatic carbocycles. The lowest BCUT2D eigenvalue weighted by Gasteiger charge is -2.26. The first-order chi connectivity index (χ1) is 9.81. The maximum absolute atomic E-state index is 4.60. The molecule has 1 unspecified atom stereocenters. The predicted octanol–water partition coefficient (Wildman–Crippen LogP) is 3.91. The van der Waals surface area contributed by atoms with Gasteiger partial charge in [0.1, 0.15) is 5.82 Å². The topological polar surface area (TPSA) is 28.2 Å². The molecule has 2 rings (SSSR count). The van der Waals surface area contributed by atoms with Crippen LogP contribution in [0, 0.1) is 0 Å². The summed E-state index contributed by atoms with van der Waals surface area (Å²) < 4.78 is 0. The van der Waals surface area contributed by atoms with E-state index in [1.54, 1.807) is 0 Å². The molecule has 1 fully saturated rings. The van der Waals surface area contributed by atoms with Gasteiger partial charge in [-0.1, -0.05) is 26.2 Å². The SMILES string of the molecule is CCCNC(C)c1ccnc(N2CCCCCCC2)c1. The van der Waals surface area contributed by atoms with Crippen molar-refractivity contribution < 1.29 is 0 Å². The van der Waals surface area contributed by atoms with E-state index in [-0.39, 0.29) is 0 Å². The number of hydrogen-bond donors (Lipinski definition) is 1. The van der Waals surface area contributed by atoms with E-state index in [0.29, 0.717) is 6.04 Å². The molecule has 3 heteroatoms. The highest BCUT2D eigenvalue weighted by Gasteiger charge is 2.12. The second kappa shape index (κ2) is 8.25. The number of pyridine rings is 1. The maximum Gasteiger partial charge on any atom is 0.128 e. The molecule has 1 aliphatic heterocycles. The molecule has 0 amide bonds. The zero-order valence-corrected chi connectivity index (χ0v) is 13.1. The number of aromatic nitrogens is 1. The Morgan fingerprint density at radius 3 is 2.60 bits per heavy atom. The van der Waals surface area contributed by atoms with Crippen LogP contribution in [0.15, 0.2) is 18.3 Å². The summed E-state index contributed by atoms with van der Waals surface area (Å²) in [6, 6.07) is 4.82. The Morgan fingerprint density at radius 2 is 1.90 bits per heavy atom. The normalized spacial score (nSPS) is 18.4. The summed E-state index contributed by atoms with van der Waals surface area (Å²) in [6.07, 6.45) is 9.88. The van der Waals surface area contributed by atoms with Crippen LogP contribution in [0.25, 0.3) is 0 Å². The third-order valence-electron chi connectivity index (χ3n) is 4.15. The molecule has 1 aromatic heterocycles. The summed E-state index contributed by atoms with van der Waals surface area (Å²) >= 11 is 0. The monoisotopic (exact) mass is 275 g/mol. The van der Waals surface area contributed by atoms with E-state index in [9.17, 15) is 0 Å². The number of nitrogens with zero attached hydrogens (tertiary/aromatic N) is 2. The third-order valence-corrected chi connectivity index (χ3v) is 4.15. The lowest BCUT2D eigenvalue weighted by molar-refractivity contribution is 0.551. The Labute approximate surface area is 123 Å². The maximum atomic E-state index is 4.60. The van der Waals surface area contributed by atoms with Gasteiger partial charge in [0.15, 0.2) is 0 Å². The quantitative estimate of drug-likeness (QED) is 0.883. The van der Waals surface area contributed by atoms with E-state index in [1.807, 2.05) is 6.20 Å². The van der Waals surface area contributed by atoms with Crippen molar-refractivity contribution in [2.45, 2.75) is 58.4 Å². The van der Waals surface area contributed by atoms with Gasteiger partial charge in [-0.05, 0) is 50.4 Å². The molecule has 112 valence electrons. The highest BCUT2D eigenvalue weighted by Crippen LogP contribution is 2.21. The average Bonchev–Trinajstić information content (AvgIpc) is 2.44. The molecule has 1 atom stereocenters. The van der Waals surface area contributed by atoms with Gasteiger partial charge in [0.2, 0.25) is 0 Å². The zero-order chi connectivity index (χ0) is 14.2. The van der Waals surface area contributed by atoms with E-state index in [1.165, 1.54) is 44.1 Å². The Kier molecular flexibility index (Phi) is 6.31. The third kappa shape index (κ3) is 4.48. The number of nitrogens with one attached hydrogen (secondary N) is 1. The van der Waals surface area contributed by atoms with Crippen LogP contribution < -0.4 is 10.2 Å². The summed E-state index contributed by atoms with van der Waals surface area (Å²) in [5.41, 5.74) is 1.35. The van der Waals surface area contributed by atoms with Crippen molar-refractivity contribution in [2.75, 3.05) is 24.5 Å². The van der Waals surface area contributed by atoms with E-state index >= 15 is 0 Å². The minimum atomic E-state index is 0.409. The van der Waals surface area contributed by atoms with Crippen LogP contribution in [-0.2, 0) is 0 Å². The average molecular weight is 275 g/mol. The Bertz CT molecular complexity index is 384. The molecule has 0 spiro atoms. The second-order valence-electron chi connectivity index (χ2n) is 5.88. The van der Waals surface area contributed by atoms with E-state index in [4.69, 9.17) is 0 Å². The van der Waals surface area contributed by atoms with Gasteiger partial charge in [-0.3, -0.25) is 0 Å². The van der Waals surface area contributed by atoms with Gasteiger partial charge in [0, 0.05) is 25.3 Å². The number of rotatable bonds is 5. The summed E-state index contributed by atoms with van der Waals surface area (Å²) in [5.74, 6) is 1.16. The molecule has 3 nitrogen and oxygen atoms in total. The van der Waals surface area contributed by atoms with Crippen molar-refractivity contribution in [1.29, 1.82) is 0 Å². The summed E-state index contributed by atoms with van der Waals surface area (Å²) in [7, 11) is 0. The summed E-state index contributed by atoms with van der Waals surface area (Å²) in [6.45, 7) is 7.84. The molecule has 0 bridgehead atoms. The molecule has 0 radical (unpaired) electrons. The number of hydrogen-bond acceptors (Lipinski definition) is 3. The van der Waals surface area contributed by atoms with Gasteiger partial charge in [0.25, 0.3) is 0 Å². The molecular weight excluding hydrogens is 246 g/mol. The van der Waals surface area contributed by atoms with E-state index in [2.05, 4.69) is 41.2 Å². The zero-order valence-electron chi connectivity index (χ0n) is 13.1. The van der Waals surface area contributed by atoms with Crippen molar-refractivity contribution in [1.82, 2.24) is 10.3 Å². The second-order valence-corrected chi connectivity index (χ2v) is 5.88. The first-order valence-corrected chi connectivity index (χ1v) is 8.25. The van der Waals surface area contributed by atoms with Gasteiger partial charge in [0.05, 0.1) is 0 Å². The van der Waals surface area contributed by atoms with Crippen molar-refractivity contribution in [3.63, 3.8) is 0 Å². The molecule has 0 aliphatic carbocycles. The first-order valence-electron chi connectivity index (χ1n) is 8.25. The largest absolute Gasteiger partial charge is 0.357 e. The molecule has 0 saturated carbocycles. The molecule has 2 heterocycles. The lowest BCUT2D eigenvalue weighted by atomic mass is 10.1. The van der Waals surface area contributed by atoms with Gasteiger partial charge in [-0.15, -0.1) is 0 Å². The molecule has 1 saturated heterocycles. The summed E-state index contributed by atoms with van der Waals surface area (Å²) in [4.78, 5) is 7.06. The Hall–Kier alpha value is -1.09. The molecule has 1 aliphatic rings. The van der Waals surface area contributed by atoms with Crippen LogP contribution in [0.1, 0.15) is 64.0 Å². The standard InChI is InChI=1S/C17H29N3/c1-3-10-18-15(2)16-9-11-19-17(14-16)20-12-7-5-4-6-8-13-20/h9,11,14-15,18H,3-8,10,12-13H2,1-2H3. The molecule has 1 aromatic rings. The van der Waals surface area contributed by atoms with Crippen LogP contribution in [0.2, 0.25) is 0 Å². The molecular formula is C17H29N3. The smallest absolute Gasteiger partial charge is 0.128 e. The highest BCUT2D eigenvalue weighted by atomic mass is 15.2. The van der Waals surface area contributed by atoms with Gasteiger partial charge in [-0.25, -0.2) is 4.98 Å². The van der Waals surface area contributed by atoms with Crippen LogP contribution in [0.4, 0.5) is 5.82 Å². The minimum absolute atomic E-state index is 0.409. The summed E-state index contributed by atoms with van der Waals surface area (Å²) in [5, 5.41) is 3.55. The fraction of sp³-hybridized carbons (Fsp3) is 0.706. The van der Waals surface area contributed by atoms with Gasteiger partial charge in [-0.2, -0.15) is 0 Å². The number of anilines is 1. The van der Waals surface area contributed by atoms with E-state index < -0.39 is 0 Å². The lowest BCUT2D eigenvalue weighted by Crippen LogP contribution is -2.28. The highest BCUT2D eigenvalue weighted by molar-refractivity contribution is 5.41. The Balaban J connectivity index is 2.03. The van der Waals surface area contributed by atoms with Crippen molar-refractivity contribution in [2.24, 2.45) is 0 Å². The minimum Gasteiger partial charge on any atom is -0.357 e. The van der Waals surface area contributed by atoms with Crippen LogP contribution in [0.5, 0.6) is 0 Å². The van der Waals surface area contributed by atoms with Crippen LogP contribution in [-0.4, -0.2) is 24.6 Å². The van der Waals surface area contributed by atoms with Gasteiger partial charge >= 0.3 is 0 Å². The van der Waals surface area contributed by atoms with Crippen LogP contribution >= 0.6 is 0 Å². The van der Waals surface area contributed by atoms with Crippen molar-refractivity contribution >= 4 is 5.82 Å². The fourth-order valence-corrected chi connectivity index (χ4v) is 2.83. The Morgan fingerprint density at radius 1 is 1.20 bits per heavy atom. The van der Waals surface area contributed by atoms with Gasteiger partial charge < -0.3 is 10.2 Å². The molecule has 20 heavy (non-hydrogen) atoms. The van der Waals surface area contributed by atoms with Crippen molar-refractivity contribution in [3.8, 4) is 0 Å². The molecule has 1 N–H and O–H groups in total. The predicted molar refractivity (Wildman–Crippen MR) is 86.2 cm³/mol. The fourth-order valence-electron chi connectivity index (χ4n) is 2.83. The van der Waals surface area contributed by atoms with Crippen molar-refractivity contribution in [3.05, 3.63) is 23.9 Å². The first kappa shape index (κ1) is 15.3.